The van der Waals surface area contributed by atoms with Crippen molar-refractivity contribution in [1.29, 1.82) is 0 Å². The molecule has 6 nitrogen and oxygen atoms in total. The number of benzene rings is 2. The van der Waals surface area contributed by atoms with Crippen molar-refractivity contribution >= 4 is 27.3 Å². The Bertz CT molecular complexity index is 983. The lowest BCUT2D eigenvalue weighted by atomic mass is 9.93. The minimum absolute atomic E-state index is 0.168. The van der Waals surface area contributed by atoms with Gasteiger partial charge in [-0.05, 0) is 44.0 Å². The molecule has 2 aromatic carbocycles. The van der Waals surface area contributed by atoms with E-state index in [1.165, 1.54) is 6.42 Å². The van der Waals surface area contributed by atoms with Gasteiger partial charge in [-0.3, -0.25) is 4.79 Å². The first-order valence-corrected chi connectivity index (χ1v) is 11.7. The Morgan fingerprint density at radius 1 is 1.00 bits per heavy atom. The van der Waals surface area contributed by atoms with Crippen LogP contribution in [0.15, 0.2) is 53.4 Å². The predicted octanol–water partition coefficient (Wildman–Crippen LogP) is 3.43. The van der Waals surface area contributed by atoms with E-state index >= 15 is 0 Å². The van der Waals surface area contributed by atoms with E-state index in [4.69, 9.17) is 0 Å². The number of hydrogen-bond donors (Lipinski definition) is 2. The van der Waals surface area contributed by atoms with E-state index in [-0.39, 0.29) is 10.8 Å². The zero-order chi connectivity index (χ0) is 20.4. The second-order valence-corrected chi connectivity index (χ2v) is 9.65. The van der Waals surface area contributed by atoms with Crippen LogP contribution in [0, 0.1) is 6.92 Å². The average molecular weight is 414 g/mol. The summed E-state index contributed by atoms with van der Waals surface area (Å²) in [6.45, 7) is 2.22. The zero-order valence-electron chi connectivity index (χ0n) is 16.6. The summed E-state index contributed by atoms with van der Waals surface area (Å²) >= 11 is 0. The number of rotatable bonds is 4. The zero-order valence-corrected chi connectivity index (χ0v) is 17.4. The van der Waals surface area contributed by atoms with Gasteiger partial charge in [-0.2, -0.15) is 4.72 Å². The lowest BCUT2D eigenvalue weighted by Crippen LogP contribution is -2.51. The molecule has 2 aliphatic rings. The highest BCUT2D eigenvalue weighted by Gasteiger charge is 2.34. The molecule has 1 heterocycles. The number of aryl methyl sites for hydroxylation is 1. The van der Waals surface area contributed by atoms with Crippen LogP contribution in [0.25, 0.3) is 0 Å². The lowest BCUT2D eigenvalue weighted by Gasteiger charge is -2.37. The first kappa shape index (κ1) is 19.9. The molecule has 7 heteroatoms. The van der Waals surface area contributed by atoms with Gasteiger partial charge in [0.25, 0.3) is 0 Å². The SMILES string of the molecule is Cc1ccc(S(=O)(=O)N[C@@H]2CN(C3CCCCC3)c3ccccc3NC2=O)cc1. The summed E-state index contributed by atoms with van der Waals surface area (Å²) in [5, 5.41) is 2.92. The summed E-state index contributed by atoms with van der Waals surface area (Å²) in [7, 11) is -3.80. The number of para-hydroxylation sites is 2. The molecule has 1 amide bonds. The molecule has 0 unspecified atom stereocenters. The molecule has 1 atom stereocenters. The highest BCUT2D eigenvalue weighted by Crippen LogP contribution is 2.34. The largest absolute Gasteiger partial charge is 0.365 e. The smallest absolute Gasteiger partial charge is 0.244 e. The quantitative estimate of drug-likeness (QED) is 0.805. The minimum atomic E-state index is -3.80. The van der Waals surface area contributed by atoms with E-state index in [2.05, 4.69) is 14.9 Å². The fourth-order valence-corrected chi connectivity index (χ4v) is 5.42. The topological polar surface area (TPSA) is 78.5 Å². The first-order chi connectivity index (χ1) is 13.9. The van der Waals surface area contributed by atoms with Gasteiger partial charge in [0.05, 0.1) is 16.3 Å². The molecule has 2 aromatic rings. The second-order valence-electron chi connectivity index (χ2n) is 7.94. The maximum Gasteiger partial charge on any atom is 0.244 e. The van der Waals surface area contributed by atoms with Crippen LogP contribution in [0.2, 0.25) is 0 Å². The van der Waals surface area contributed by atoms with E-state index in [1.54, 1.807) is 24.3 Å². The summed E-state index contributed by atoms with van der Waals surface area (Å²) in [6.07, 6.45) is 5.65. The number of nitrogens with one attached hydrogen (secondary N) is 2. The van der Waals surface area contributed by atoms with Gasteiger partial charge in [0.2, 0.25) is 15.9 Å². The molecule has 1 saturated carbocycles. The predicted molar refractivity (Wildman–Crippen MR) is 115 cm³/mol. The van der Waals surface area contributed by atoms with Crippen molar-refractivity contribution in [3.63, 3.8) is 0 Å². The van der Waals surface area contributed by atoms with Gasteiger partial charge in [-0.15, -0.1) is 0 Å². The summed E-state index contributed by atoms with van der Waals surface area (Å²) in [6, 6.07) is 13.8. The third kappa shape index (κ3) is 4.31. The maximum absolute atomic E-state index is 12.9. The average Bonchev–Trinajstić information content (AvgIpc) is 2.85. The minimum Gasteiger partial charge on any atom is -0.365 e. The van der Waals surface area contributed by atoms with Gasteiger partial charge >= 0.3 is 0 Å². The Kier molecular flexibility index (Phi) is 5.61. The Morgan fingerprint density at radius 3 is 2.41 bits per heavy atom. The van der Waals surface area contributed by atoms with Crippen molar-refractivity contribution in [3.05, 3.63) is 54.1 Å². The molecule has 1 fully saturated rings. The van der Waals surface area contributed by atoms with Crippen LogP contribution in [0.1, 0.15) is 37.7 Å². The third-order valence-electron chi connectivity index (χ3n) is 5.81. The number of carbonyl (C=O) groups is 1. The molecule has 0 bridgehead atoms. The van der Waals surface area contributed by atoms with Crippen LogP contribution in [-0.2, 0) is 14.8 Å². The summed E-state index contributed by atoms with van der Waals surface area (Å²) < 4.78 is 28.5. The number of amides is 1. The van der Waals surface area contributed by atoms with E-state index in [0.29, 0.717) is 12.6 Å². The summed E-state index contributed by atoms with van der Waals surface area (Å²) in [5.74, 6) is -0.327. The fraction of sp³-hybridized carbons (Fsp3) is 0.409. The van der Waals surface area contributed by atoms with Crippen molar-refractivity contribution in [2.45, 2.75) is 56.0 Å². The van der Waals surface area contributed by atoms with E-state index < -0.39 is 16.1 Å². The van der Waals surface area contributed by atoms with Gasteiger partial charge in [-0.25, -0.2) is 8.42 Å². The summed E-state index contributed by atoms with van der Waals surface area (Å²) in [4.78, 5) is 15.3. The molecule has 29 heavy (non-hydrogen) atoms. The molecule has 1 aliphatic carbocycles. The first-order valence-electron chi connectivity index (χ1n) is 10.2. The molecule has 0 spiro atoms. The fourth-order valence-electron chi connectivity index (χ4n) is 4.23. The summed E-state index contributed by atoms with van der Waals surface area (Å²) in [5.41, 5.74) is 2.68. The maximum atomic E-state index is 12.9. The molecule has 0 aromatic heterocycles. The van der Waals surface area contributed by atoms with Gasteiger partial charge in [0.15, 0.2) is 0 Å². The normalized spacial score (nSPS) is 20.7. The van der Waals surface area contributed by atoms with E-state index in [1.807, 2.05) is 31.2 Å². The van der Waals surface area contributed by atoms with Crippen molar-refractivity contribution in [2.24, 2.45) is 0 Å². The van der Waals surface area contributed by atoms with Gasteiger partial charge in [0.1, 0.15) is 6.04 Å². The number of nitrogens with zero attached hydrogens (tertiary/aromatic N) is 1. The van der Waals surface area contributed by atoms with Gasteiger partial charge in [0, 0.05) is 12.6 Å². The Balaban J connectivity index is 1.64. The van der Waals surface area contributed by atoms with Crippen molar-refractivity contribution in [2.75, 3.05) is 16.8 Å². The Hall–Kier alpha value is -2.38. The monoisotopic (exact) mass is 413 g/mol. The van der Waals surface area contributed by atoms with Crippen LogP contribution >= 0.6 is 0 Å². The van der Waals surface area contributed by atoms with Crippen LogP contribution in [0.4, 0.5) is 11.4 Å². The molecule has 1 aliphatic heterocycles. The number of hydrogen-bond acceptors (Lipinski definition) is 4. The molecular weight excluding hydrogens is 386 g/mol. The highest BCUT2D eigenvalue weighted by molar-refractivity contribution is 7.89. The Labute approximate surface area is 172 Å². The standard InChI is InChI=1S/C22H27N3O3S/c1-16-11-13-18(14-12-16)29(27,28)24-20-15-25(17-7-3-2-4-8-17)21-10-6-5-9-19(21)23-22(20)26/h5-6,9-14,17,20,24H,2-4,7-8,15H2,1H3,(H,23,26)/t20-/m1/s1. The highest BCUT2D eigenvalue weighted by atomic mass is 32.2. The lowest BCUT2D eigenvalue weighted by molar-refractivity contribution is -0.117. The second kappa shape index (κ2) is 8.16. The van der Waals surface area contributed by atoms with Crippen molar-refractivity contribution in [1.82, 2.24) is 4.72 Å². The van der Waals surface area contributed by atoms with Crippen LogP contribution in [0.3, 0.4) is 0 Å². The van der Waals surface area contributed by atoms with E-state index in [0.717, 1.165) is 42.6 Å². The van der Waals surface area contributed by atoms with Crippen LogP contribution in [-0.4, -0.2) is 33.0 Å². The van der Waals surface area contributed by atoms with Crippen molar-refractivity contribution in [3.8, 4) is 0 Å². The number of fused-ring (bicyclic) bond motifs is 1. The van der Waals surface area contributed by atoms with Crippen molar-refractivity contribution < 1.29 is 13.2 Å². The van der Waals surface area contributed by atoms with Crippen LogP contribution in [0.5, 0.6) is 0 Å². The molecule has 154 valence electrons. The molecule has 0 radical (unpaired) electrons. The molecule has 4 rings (SSSR count). The molecular formula is C22H27N3O3S. The third-order valence-corrected chi connectivity index (χ3v) is 7.30. The number of sulfonamides is 1. The molecule has 0 saturated heterocycles. The van der Waals surface area contributed by atoms with E-state index in [9.17, 15) is 13.2 Å². The van der Waals surface area contributed by atoms with Crippen LogP contribution < -0.4 is 14.9 Å². The number of anilines is 2. The Morgan fingerprint density at radius 2 is 1.69 bits per heavy atom. The number of carbonyl (C=O) groups excluding carboxylic acids is 1. The molecule has 2 N–H and O–H groups in total. The van der Waals surface area contributed by atoms with Gasteiger partial charge in [-0.1, -0.05) is 49.1 Å². The van der Waals surface area contributed by atoms with Gasteiger partial charge < -0.3 is 10.2 Å².